The summed E-state index contributed by atoms with van der Waals surface area (Å²) in [7, 11) is 1.67. The molecule has 0 amide bonds. The highest BCUT2D eigenvalue weighted by Gasteiger charge is 2.72. The molecule has 4 rings (SSSR count). The number of allylic oxidation sites excluding steroid dienone is 1. The predicted octanol–water partition coefficient (Wildman–Crippen LogP) is 3.59. The first kappa shape index (κ1) is 22.8. The summed E-state index contributed by atoms with van der Waals surface area (Å²) in [4.78, 5) is 12.6. The minimum absolute atomic E-state index is 0.00796. The van der Waals surface area contributed by atoms with Crippen molar-refractivity contribution in [2.75, 3.05) is 25.6 Å². The van der Waals surface area contributed by atoms with Crippen LogP contribution < -0.4 is 5.32 Å². The number of nitriles is 1. The zero-order valence-electron chi connectivity index (χ0n) is 19.2. The maximum atomic E-state index is 12.6. The molecule has 0 aromatic heterocycles. The van der Waals surface area contributed by atoms with Crippen LogP contribution in [0.2, 0.25) is 0 Å². The lowest BCUT2D eigenvalue weighted by molar-refractivity contribution is -0.170. The standard InChI is InChI=1S/C25H32N2O5/c1-16(2)5-10-20-24(3,32-20)23-22(29-4)19(11-12-25(23)15-30-25)31-21(28)14-27-18-8-6-17(13-26)7-9-18/h5-9,19-20,22-23,27H,10-12,14-15H2,1-4H3/t19-,20-,22-,23-,24-,25+/m1/s1. The van der Waals surface area contributed by atoms with Gasteiger partial charge in [-0.15, -0.1) is 0 Å². The van der Waals surface area contributed by atoms with E-state index in [4.69, 9.17) is 24.2 Å². The van der Waals surface area contributed by atoms with Crippen molar-refractivity contribution in [3.8, 4) is 6.07 Å². The van der Waals surface area contributed by atoms with Gasteiger partial charge in [0.05, 0.1) is 30.3 Å². The Bertz CT molecular complexity index is 913. The molecule has 1 spiro atoms. The average Bonchev–Trinajstić information content (AvgIpc) is 3.69. The van der Waals surface area contributed by atoms with Gasteiger partial charge in [0.25, 0.3) is 0 Å². The number of epoxide rings is 2. The van der Waals surface area contributed by atoms with Gasteiger partial charge in [0.2, 0.25) is 0 Å². The Balaban J connectivity index is 1.39. The van der Waals surface area contributed by atoms with Crippen LogP contribution in [-0.2, 0) is 23.7 Å². The molecule has 6 atom stereocenters. The molecule has 0 bridgehead atoms. The number of ether oxygens (including phenoxy) is 4. The van der Waals surface area contributed by atoms with E-state index in [0.717, 1.165) is 18.5 Å². The first-order chi connectivity index (χ1) is 15.3. The van der Waals surface area contributed by atoms with Crippen LogP contribution in [0.15, 0.2) is 35.9 Å². The van der Waals surface area contributed by atoms with Gasteiger partial charge < -0.3 is 24.3 Å². The van der Waals surface area contributed by atoms with E-state index in [9.17, 15) is 4.79 Å². The summed E-state index contributed by atoms with van der Waals surface area (Å²) in [5, 5.41) is 11.9. The fourth-order valence-corrected chi connectivity index (χ4v) is 5.12. The van der Waals surface area contributed by atoms with E-state index < -0.39 is 0 Å². The fraction of sp³-hybridized carbons (Fsp3) is 0.600. The maximum Gasteiger partial charge on any atom is 0.325 e. The van der Waals surface area contributed by atoms with Gasteiger partial charge in [-0.1, -0.05) is 11.6 Å². The quantitative estimate of drug-likeness (QED) is 0.375. The van der Waals surface area contributed by atoms with Crippen LogP contribution in [0.25, 0.3) is 0 Å². The molecular weight excluding hydrogens is 408 g/mol. The number of methoxy groups -OCH3 is 1. The maximum absolute atomic E-state index is 12.6. The molecule has 1 aromatic carbocycles. The van der Waals surface area contributed by atoms with Gasteiger partial charge in [-0.2, -0.15) is 5.26 Å². The lowest BCUT2D eigenvalue weighted by atomic mass is 9.68. The fourth-order valence-electron chi connectivity index (χ4n) is 5.12. The summed E-state index contributed by atoms with van der Waals surface area (Å²) in [6, 6.07) is 9.03. The third kappa shape index (κ3) is 4.54. The molecule has 3 fully saturated rings. The molecule has 2 aliphatic heterocycles. The van der Waals surface area contributed by atoms with E-state index >= 15 is 0 Å². The lowest BCUT2D eigenvalue weighted by Gasteiger charge is -2.42. The van der Waals surface area contributed by atoms with Crippen molar-refractivity contribution in [2.45, 2.75) is 69.5 Å². The number of hydrogen-bond acceptors (Lipinski definition) is 7. The molecule has 7 nitrogen and oxygen atoms in total. The topological polar surface area (TPSA) is 96.4 Å². The van der Waals surface area contributed by atoms with E-state index in [0.29, 0.717) is 18.6 Å². The number of rotatable bonds is 8. The van der Waals surface area contributed by atoms with E-state index in [1.165, 1.54) is 5.57 Å². The van der Waals surface area contributed by atoms with Crippen molar-refractivity contribution in [1.29, 1.82) is 5.26 Å². The number of carbonyl (C=O) groups is 1. The van der Waals surface area contributed by atoms with Crippen LogP contribution in [0.5, 0.6) is 0 Å². The molecule has 172 valence electrons. The Morgan fingerprint density at radius 2 is 2.06 bits per heavy atom. The number of nitrogens with zero attached hydrogens (tertiary/aromatic N) is 1. The minimum Gasteiger partial charge on any atom is -0.458 e. The number of benzene rings is 1. The van der Waals surface area contributed by atoms with Gasteiger partial charge in [0.1, 0.15) is 30.0 Å². The Hall–Kier alpha value is -2.40. The number of anilines is 1. The SMILES string of the molecule is CO[C@@H]1[C@H](OC(=O)CNc2ccc(C#N)cc2)CC[C@]2(CO2)[C@H]1[C@]1(C)O[C@@H]1CC=C(C)C. The third-order valence-corrected chi connectivity index (χ3v) is 6.97. The molecule has 1 aliphatic carbocycles. The first-order valence-corrected chi connectivity index (χ1v) is 11.2. The van der Waals surface area contributed by atoms with Crippen LogP contribution in [0.1, 0.15) is 45.6 Å². The number of nitrogens with one attached hydrogen (secondary N) is 1. The summed E-state index contributed by atoms with van der Waals surface area (Å²) >= 11 is 0. The normalized spacial score (nSPS) is 35.0. The van der Waals surface area contributed by atoms with Gasteiger partial charge >= 0.3 is 5.97 Å². The molecule has 32 heavy (non-hydrogen) atoms. The number of hydrogen-bond donors (Lipinski definition) is 1. The summed E-state index contributed by atoms with van der Waals surface area (Å²) in [6.07, 6.45) is 4.08. The smallest absolute Gasteiger partial charge is 0.325 e. The van der Waals surface area contributed by atoms with E-state index in [1.54, 1.807) is 31.4 Å². The average molecular weight is 441 g/mol. The van der Waals surface area contributed by atoms with Crippen LogP contribution in [-0.4, -0.2) is 55.7 Å². The third-order valence-electron chi connectivity index (χ3n) is 6.97. The molecule has 0 unspecified atom stereocenters. The van der Waals surface area contributed by atoms with Crippen molar-refractivity contribution in [3.05, 3.63) is 41.5 Å². The first-order valence-electron chi connectivity index (χ1n) is 11.2. The highest BCUT2D eigenvalue weighted by Crippen LogP contribution is 2.59. The predicted molar refractivity (Wildman–Crippen MR) is 119 cm³/mol. The number of esters is 1. The van der Waals surface area contributed by atoms with E-state index in [-0.39, 0.29) is 47.9 Å². The monoisotopic (exact) mass is 440 g/mol. The van der Waals surface area contributed by atoms with Crippen molar-refractivity contribution in [3.63, 3.8) is 0 Å². The van der Waals surface area contributed by atoms with Gasteiger partial charge in [0.15, 0.2) is 0 Å². The lowest BCUT2D eigenvalue weighted by Crippen LogP contribution is -2.55. The zero-order valence-corrected chi connectivity index (χ0v) is 19.2. The van der Waals surface area contributed by atoms with Crippen molar-refractivity contribution in [2.24, 2.45) is 5.92 Å². The molecule has 3 aliphatic rings. The Kier molecular flexibility index (Phi) is 6.30. The second-order valence-electron chi connectivity index (χ2n) is 9.45. The minimum atomic E-state index is -0.352. The van der Waals surface area contributed by atoms with Crippen molar-refractivity contribution < 1.29 is 23.7 Å². The van der Waals surface area contributed by atoms with Gasteiger partial charge in [-0.05, 0) is 64.3 Å². The Morgan fingerprint density at radius 3 is 2.66 bits per heavy atom. The Morgan fingerprint density at radius 1 is 1.34 bits per heavy atom. The zero-order chi connectivity index (χ0) is 22.9. The summed E-state index contributed by atoms with van der Waals surface area (Å²) in [6.45, 7) is 7.05. The van der Waals surface area contributed by atoms with Gasteiger partial charge in [-0.25, -0.2) is 0 Å². The van der Waals surface area contributed by atoms with Crippen molar-refractivity contribution >= 4 is 11.7 Å². The highest BCUT2D eigenvalue weighted by atomic mass is 16.6. The van der Waals surface area contributed by atoms with Crippen LogP contribution >= 0.6 is 0 Å². The summed E-state index contributed by atoms with van der Waals surface area (Å²) in [5.74, 6) is -0.329. The molecule has 7 heteroatoms. The summed E-state index contributed by atoms with van der Waals surface area (Å²) < 4.78 is 23.9. The summed E-state index contributed by atoms with van der Waals surface area (Å²) in [5.41, 5.74) is 2.02. The molecule has 2 heterocycles. The van der Waals surface area contributed by atoms with Gasteiger partial charge in [0, 0.05) is 12.8 Å². The molecule has 1 N–H and O–H groups in total. The molecule has 0 radical (unpaired) electrons. The molecule has 1 saturated carbocycles. The second kappa shape index (κ2) is 8.86. The second-order valence-corrected chi connectivity index (χ2v) is 9.45. The van der Waals surface area contributed by atoms with Crippen LogP contribution in [0, 0.1) is 17.2 Å². The van der Waals surface area contributed by atoms with E-state index in [1.807, 2.05) is 0 Å². The van der Waals surface area contributed by atoms with Gasteiger partial charge in [-0.3, -0.25) is 4.79 Å². The van der Waals surface area contributed by atoms with Crippen molar-refractivity contribution in [1.82, 2.24) is 0 Å². The van der Waals surface area contributed by atoms with Crippen LogP contribution in [0.3, 0.4) is 0 Å². The van der Waals surface area contributed by atoms with E-state index in [2.05, 4.69) is 38.2 Å². The van der Waals surface area contributed by atoms with Crippen LogP contribution in [0.4, 0.5) is 5.69 Å². The molecule has 2 saturated heterocycles. The molecule has 1 aromatic rings. The largest absolute Gasteiger partial charge is 0.458 e. The number of carbonyl (C=O) groups excluding carboxylic acids is 1. The Labute approximate surface area is 189 Å². The molecular formula is C25H32N2O5. The highest BCUT2D eigenvalue weighted by molar-refractivity contribution is 5.75.